The van der Waals surface area contributed by atoms with Crippen LogP contribution in [-0.4, -0.2) is 21.8 Å². The second-order valence-corrected chi connectivity index (χ2v) is 8.61. The van der Waals surface area contributed by atoms with Crippen molar-refractivity contribution in [1.29, 1.82) is 5.26 Å². The van der Waals surface area contributed by atoms with Gasteiger partial charge < -0.3 is 20.1 Å². The summed E-state index contributed by atoms with van der Waals surface area (Å²) in [6.07, 6.45) is 0. The smallest absolute Gasteiger partial charge is 0.252 e. The summed E-state index contributed by atoms with van der Waals surface area (Å²) in [5.41, 5.74) is 0.542. The number of amides is 1. The van der Waals surface area contributed by atoms with E-state index in [-0.39, 0.29) is 28.5 Å². The third-order valence-corrected chi connectivity index (χ3v) is 6.69. The molecule has 0 aliphatic carbocycles. The molecular formula is C22H15N3O4S2. The fraction of sp³-hybridized carbons (Fsp3) is 0.0455. The Morgan fingerprint density at radius 1 is 1.19 bits per heavy atom. The Morgan fingerprint density at radius 3 is 2.71 bits per heavy atom. The van der Waals surface area contributed by atoms with Gasteiger partial charge in [-0.05, 0) is 24.3 Å². The highest BCUT2D eigenvalue weighted by Gasteiger charge is 2.18. The number of benzene rings is 2. The predicted molar refractivity (Wildman–Crippen MR) is 121 cm³/mol. The number of nitrogens with one attached hydrogen (secondary N) is 2. The van der Waals surface area contributed by atoms with E-state index in [9.17, 15) is 20.0 Å². The number of pyridine rings is 1. The lowest BCUT2D eigenvalue weighted by Crippen LogP contribution is -2.14. The number of nitrogens with zero attached hydrogens (tertiary/aromatic N) is 1. The second kappa shape index (κ2) is 8.95. The quantitative estimate of drug-likeness (QED) is 0.368. The third kappa shape index (κ3) is 4.55. The maximum Gasteiger partial charge on any atom is 0.252 e. The molecule has 2 aromatic carbocycles. The van der Waals surface area contributed by atoms with Gasteiger partial charge in [0.2, 0.25) is 5.91 Å². The van der Waals surface area contributed by atoms with Crippen molar-refractivity contribution in [3.05, 3.63) is 76.6 Å². The molecule has 0 saturated heterocycles. The molecule has 0 atom stereocenters. The average molecular weight is 450 g/mol. The van der Waals surface area contributed by atoms with Gasteiger partial charge in [-0.2, -0.15) is 5.26 Å². The number of anilines is 1. The molecule has 9 heteroatoms. The molecule has 31 heavy (non-hydrogen) atoms. The molecule has 4 aromatic rings. The summed E-state index contributed by atoms with van der Waals surface area (Å²) in [5.74, 6) is 0.716. The molecule has 0 unspecified atom stereocenters. The molecule has 0 spiro atoms. The predicted octanol–water partition coefficient (Wildman–Crippen LogP) is 4.69. The van der Waals surface area contributed by atoms with Crippen molar-refractivity contribution in [2.24, 2.45) is 0 Å². The first-order valence-electron chi connectivity index (χ1n) is 9.08. The van der Waals surface area contributed by atoms with Gasteiger partial charge in [-0.1, -0.05) is 30.3 Å². The van der Waals surface area contributed by atoms with Crippen LogP contribution in [0.15, 0.2) is 69.7 Å². The van der Waals surface area contributed by atoms with Crippen molar-refractivity contribution in [2.45, 2.75) is 4.21 Å². The highest BCUT2D eigenvalue weighted by molar-refractivity contribution is 8.02. The minimum absolute atomic E-state index is 0.0339. The second-order valence-electron chi connectivity index (χ2n) is 6.35. The number of hydrogen-bond donors (Lipinski definition) is 3. The molecule has 154 valence electrons. The molecular weight excluding hydrogens is 434 g/mol. The Morgan fingerprint density at radius 2 is 1.94 bits per heavy atom. The number of ether oxygens (including phenoxy) is 1. The number of aromatic amines is 1. The first-order chi connectivity index (χ1) is 15.0. The van der Waals surface area contributed by atoms with E-state index >= 15 is 0 Å². The summed E-state index contributed by atoms with van der Waals surface area (Å²) < 4.78 is 6.79. The topological polar surface area (TPSA) is 115 Å². The van der Waals surface area contributed by atoms with Gasteiger partial charge in [0, 0.05) is 6.07 Å². The van der Waals surface area contributed by atoms with Gasteiger partial charge in [-0.15, -0.1) is 23.1 Å². The zero-order chi connectivity index (χ0) is 21.8. The number of thiophene rings is 1. The standard InChI is InChI=1S/C22H15N3O4S2/c23-11-14-20-21(16(26)10-18(27)25-20)31-22(14)30-12-19(28)24-15-8-4-5-9-17(15)29-13-6-2-1-3-7-13/h1-10H,12H2,(H,24,28)(H2,25,26,27). The van der Waals surface area contributed by atoms with Crippen molar-refractivity contribution < 1.29 is 14.6 Å². The highest BCUT2D eigenvalue weighted by Crippen LogP contribution is 2.40. The highest BCUT2D eigenvalue weighted by atomic mass is 32.2. The Balaban J connectivity index is 1.49. The minimum Gasteiger partial charge on any atom is -0.506 e. The van der Waals surface area contributed by atoms with E-state index in [2.05, 4.69) is 10.3 Å². The van der Waals surface area contributed by atoms with Crippen LogP contribution in [0.3, 0.4) is 0 Å². The van der Waals surface area contributed by atoms with E-state index in [1.165, 1.54) is 0 Å². The Bertz CT molecular complexity index is 1360. The lowest BCUT2D eigenvalue weighted by Gasteiger charge is -2.12. The zero-order valence-corrected chi connectivity index (χ0v) is 17.5. The monoisotopic (exact) mass is 449 g/mol. The fourth-order valence-corrected chi connectivity index (χ4v) is 5.00. The summed E-state index contributed by atoms with van der Waals surface area (Å²) in [5, 5.41) is 22.3. The Kier molecular flexibility index (Phi) is 5.93. The number of hydrogen-bond acceptors (Lipinski definition) is 7. The van der Waals surface area contributed by atoms with Crippen LogP contribution in [0.25, 0.3) is 10.2 Å². The van der Waals surface area contributed by atoms with Gasteiger partial charge in [-0.25, -0.2) is 0 Å². The number of aromatic nitrogens is 1. The molecule has 2 aromatic heterocycles. The van der Waals surface area contributed by atoms with Gasteiger partial charge >= 0.3 is 0 Å². The lowest BCUT2D eigenvalue weighted by molar-refractivity contribution is -0.113. The van der Waals surface area contributed by atoms with E-state index in [0.29, 0.717) is 26.1 Å². The number of aromatic hydroxyl groups is 1. The van der Waals surface area contributed by atoms with E-state index in [1.807, 2.05) is 42.5 Å². The van der Waals surface area contributed by atoms with E-state index < -0.39 is 5.56 Å². The minimum atomic E-state index is -0.497. The summed E-state index contributed by atoms with van der Waals surface area (Å²) in [6.45, 7) is 0. The SMILES string of the molecule is N#Cc1c(SCC(=O)Nc2ccccc2Oc2ccccc2)sc2c(O)cc(=O)[nH]c12. The van der Waals surface area contributed by atoms with E-state index in [0.717, 1.165) is 29.2 Å². The van der Waals surface area contributed by atoms with Crippen LogP contribution in [0.2, 0.25) is 0 Å². The van der Waals surface area contributed by atoms with Crippen molar-refractivity contribution in [1.82, 2.24) is 4.98 Å². The molecule has 3 N–H and O–H groups in total. The van der Waals surface area contributed by atoms with Crippen LogP contribution in [0.5, 0.6) is 17.2 Å². The van der Waals surface area contributed by atoms with Crippen molar-refractivity contribution in [2.75, 3.05) is 11.1 Å². The maximum absolute atomic E-state index is 12.6. The zero-order valence-electron chi connectivity index (χ0n) is 15.9. The van der Waals surface area contributed by atoms with E-state index in [1.54, 1.807) is 18.2 Å². The van der Waals surface area contributed by atoms with Gasteiger partial charge in [-0.3, -0.25) is 9.59 Å². The first kappa shape index (κ1) is 20.5. The molecule has 7 nitrogen and oxygen atoms in total. The molecule has 0 radical (unpaired) electrons. The molecule has 4 rings (SSSR count). The van der Waals surface area contributed by atoms with Crippen molar-refractivity contribution in [3.8, 4) is 23.3 Å². The van der Waals surface area contributed by atoms with Gasteiger partial charge in [0.05, 0.1) is 25.9 Å². The van der Waals surface area contributed by atoms with Crippen LogP contribution in [0.4, 0.5) is 5.69 Å². The molecule has 0 bridgehead atoms. The van der Waals surface area contributed by atoms with Gasteiger partial charge in [0.15, 0.2) is 5.75 Å². The number of rotatable bonds is 6. The number of nitriles is 1. The lowest BCUT2D eigenvalue weighted by atomic mass is 10.3. The molecule has 0 saturated carbocycles. The largest absolute Gasteiger partial charge is 0.506 e. The summed E-state index contributed by atoms with van der Waals surface area (Å²) in [6, 6.07) is 19.4. The Hall–Kier alpha value is -3.74. The number of H-pyrrole nitrogens is 1. The normalized spacial score (nSPS) is 10.5. The summed E-state index contributed by atoms with van der Waals surface area (Å²) >= 11 is 2.31. The van der Waals surface area contributed by atoms with Crippen LogP contribution in [0.1, 0.15) is 5.56 Å². The van der Waals surface area contributed by atoms with E-state index in [4.69, 9.17) is 4.74 Å². The first-order valence-corrected chi connectivity index (χ1v) is 10.9. The van der Waals surface area contributed by atoms with Gasteiger partial charge in [0.25, 0.3) is 5.56 Å². The number of carbonyl (C=O) groups excluding carboxylic acids is 1. The summed E-state index contributed by atoms with van der Waals surface area (Å²) in [7, 11) is 0. The molecule has 0 aliphatic heterocycles. The number of carbonyl (C=O) groups is 1. The van der Waals surface area contributed by atoms with Crippen molar-refractivity contribution in [3.63, 3.8) is 0 Å². The van der Waals surface area contributed by atoms with Crippen molar-refractivity contribution >= 4 is 44.9 Å². The molecule has 0 aliphatic rings. The van der Waals surface area contributed by atoms with Crippen LogP contribution in [-0.2, 0) is 4.79 Å². The van der Waals surface area contributed by atoms with Gasteiger partial charge in [0.1, 0.15) is 23.1 Å². The van der Waals surface area contributed by atoms with Crippen LogP contribution in [0, 0.1) is 11.3 Å². The molecule has 2 heterocycles. The third-order valence-electron chi connectivity index (χ3n) is 4.20. The number of thioether (sulfide) groups is 1. The number of fused-ring (bicyclic) bond motifs is 1. The fourth-order valence-electron chi connectivity index (χ4n) is 2.85. The van der Waals surface area contributed by atoms with Crippen LogP contribution < -0.4 is 15.6 Å². The number of para-hydroxylation sites is 3. The van der Waals surface area contributed by atoms with Crippen LogP contribution >= 0.6 is 23.1 Å². The molecule has 1 amide bonds. The Labute approximate surface area is 184 Å². The maximum atomic E-state index is 12.6. The summed E-state index contributed by atoms with van der Waals surface area (Å²) in [4.78, 5) is 26.7. The molecule has 0 fully saturated rings. The average Bonchev–Trinajstić information content (AvgIpc) is 3.12.